The number of hydrogen-bond acceptors (Lipinski definition) is 3. The summed E-state index contributed by atoms with van der Waals surface area (Å²) in [7, 11) is 3.25. The van der Waals surface area contributed by atoms with Crippen LogP contribution in [-0.2, 0) is 4.74 Å². The van der Waals surface area contributed by atoms with Gasteiger partial charge in [0.2, 0.25) is 0 Å². The number of nitrogens with two attached hydrogens (primary N) is 1. The molecule has 1 rings (SSSR count). The predicted octanol–water partition coefficient (Wildman–Crippen LogP) is 1.69. The fourth-order valence-corrected chi connectivity index (χ4v) is 1.15. The molecule has 0 amide bonds. The second kappa shape index (κ2) is 9.06. The van der Waals surface area contributed by atoms with E-state index in [1.54, 1.807) is 14.2 Å². The van der Waals surface area contributed by atoms with Gasteiger partial charge in [-0.2, -0.15) is 0 Å². The van der Waals surface area contributed by atoms with Crippen LogP contribution in [0.2, 0.25) is 0 Å². The Morgan fingerprint density at radius 1 is 1.41 bits per heavy atom. The highest BCUT2D eigenvalue weighted by molar-refractivity contribution is 14.0. The first-order valence-corrected chi connectivity index (χ1v) is 4.96. The van der Waals surface area contributed by atoms with Gasteiger partial charge in [0, 0.05) is 18.9 Å². The Kier molecular flexibility index (Phi) is 8.51. The predicted molar refractivity (Wildman–Crippen MR) is 80.4 cm³/mol. The number of aliphatic imine (C=N–C) groups is 1. The van der Waals surface area contributed by atoms with Crippen LogP contribution in [0.4, 0.5) is 5.69 Å². The zero-order valence-electron chi connectivity index (χ0n) is 9.97. The van der Waals surface area contributed by atoms with Gasteiger partial charge in [0.1, 0.15) is 5.75 Å². The summed E-state index contributed by atoms with van der Waals surface area (Å²) in [6, 6.07) is 7.48. The summed E-state index contributed by atoms with van der Waals surface area (Å²) >= 11 is 0. The van der Waals surface area contributed by atoms with Crippen LogP contribution in [0.25, 0.3) is 0 Å². The van der Waals surface area contributed by atoms with Gasteiger partial charge in [0.05, 0.1) is 20.3 Å². The van der Waals surface area contributed by atoms with Crippen LogP contribution in [0.1, 0.15) is 0 Å². The fourth-order valence-electron chi connectivity index (χ4n) is 1.15. The van der Waals surface area contributed by atoms with Crippen molar-refractivity contribution in [1.29, 1.82) is 0 Å². The van der Waals surface area contributed by atoms with Gasteiger partial charge in [-0.1, -0.05) is 6.07 Å². The minimum absolute atomic E-state index is 0. The average Bonchev–Trinajstić information content (AvgIpc) is 2.29. The smallest absolute Gasteiger partial charge is 0.193 e. The first-order chi connectivity index (χ1) is 7.76. The number of benzene rings is 1. The van der Waals surface area contributed by atoms with E-state index in [0.29, 0.717) is 19.1 Å². The lowest BCUT2D eigenvalue weighted by Gasteiger charge is -2.07. The Morgan fingerprint density at radius 3 is 2.82 bits per heavy atom. The minimum atomic E-state index is 0. The van der Waals surface area contributed by atoms with Crippen LogP contribution in [-0.4, -0.2) is 33.3 Å². The van der Waals surface area contributed by atoms with Gasteiger partial charge in [0.25, 0.3) is 0 Å². The Hall–Kier alpha value is -1.02. The second-order valence-corrected chi connectivity index (χ2v) is 3.12. The Labute approximate surface area is 118 Å². The first-order valence-electron chi connectivity index (χ1n) is 4.96. The van der Waals surface area contributed by atoms with E-state index in [-0.39, 0.29) is 24.0 Å². The molecule has 0 atom stereocenters. The molecule has 0 spiro atoms. The SMILES string of the molecule is COCCN=C(N)Nc1cccc(OC)c1.I. The zero-order valence-corrected chi connectivity index (χ0v) is 12.3. The van der Waals surface area contributed by atoms with E-state index in [0.717, 1.165) is 11.4 Å². The van der Waals surface area contributed by atoms with E-state index in [2.05, 4.69) is 10.3 Å². The van der Waals surface area contributed by atoms with E-state index in [4.69, 9.17) is 15.2 Å². The van der Waals surface area contributed by atoms with Crippen molar-refractivity contribution in [3.05, 3.63) is 24.3 Å². The molecule has 96 valence electrons. The summed E-state index contributed by atoms with van der Waals surface area (Å²) in [5, 5.41) is 2.97. The lowest BCUT2D eigenvalue weighted by molar-refractivity contribution is 0.208. The molecule has 0 aliphatic rings. The van der Waals surface area contributed by atoms with E-state index in [9.17, 15) is 0 Å². The van der Waals surface area contributed by atoms with Crippen molar-refractivity contribution in [2.75, 3.05) is 32.7 Å². The molecule has 1 aromatic rings. The number of nitrogens with zero attached hydrogens (tertiary/aromatic N) is 1. The Balaban J connectivity index is 0.00000256. The molecule has 3 N–H and O–H groups in total. The molecule has 5 nitrogen and oxygen atoms in total. The highest BCUT2D eigenvalue weighted by atomic mass is 127. The number of methoxy groups -OCH3 is 2. The monoisotopic (exact) mass is 351 g/mol. The molecule has 0 bridgehead atoms. The van der Waals surface area contributed by atoms with Crippen LogP contribution in [0.15, 0.2) is 29.3 Å². The van der Waals surface area contributed by atoms with Gasteiger partial charge < -0.3 is 20.5 Å². The van der Waals surface area contributed by atoms with E-state index >= 15 is 0 Å². The minimum Gasteiger partial charge on any atom is -0.497 e. The number of rotatable bonds is 5. The van der Waals surface area contributed by atoms with E-state index in [1.165, 1.54) is 0 Å². The summed E-state index contributed by atoms with van der Waals surface area (Å²) in [6.45, 7) is 1.10. The van der Waals surface area contributed by atoms with Crippen LogP contribution in [0.3, 0.4) is 0 Å². The lowest BCUT2D eigenvalue weighted by atomic mass is 10.3. The molecule has 0 saturated carbocycles. The third-order valence-electron chi connectivity index (χ3n) is 1.92. The summed E-state index contributed by atoms with van der Waals surface area (Å²) in [4.78, 5) is 4.08. The van der Waals surface area contributed by atoms with E-state index in [1.807, 2.05) is 24.3 Å². The number of nitrogens with one attached hydrogen (secondary N) is 1. The van der Waals surface area contributed by atoms with Crippen molar-refractivity contribution in [3.8, 4) is 5.75 Å². The quantitative estimate of drug-likeness (QED) is 0.367. The lowest BCUT2D eigenvalue weighted by Crippen LogP contribution is -2.23. The molecule has 0 unspecified atom stereocenters. The third-order valence-corrected chi connectivity index (χ3v) is 1.92. The number of halogens is 1. The topological polar surface area (TPSA) is 68.9 Å². The van der Waals surface area contributed by atoms with Crippen LogP contribution < -0.4 is 15.8 Å². The van der Waals surface area contributed by atoms with Crippen molar-refractivity contribution in [2.24, 2.45) is 10.7 Å². The Bertz CT molecular complexity index is 358. The van der Waals surface area contributed by atoms with Crippen molar-refractivity contribution in [1.82, 2.24) is 0 Å². The third kappa shape index (κ3) is 6.32. The number of guanidine groups is 1. The van der Waals surface area contributed by atoms with Crippen molar-refractivity contribution in [3.63, 3.8) is 0 Å². The summed E-state index contributed by atoms with van der Waals surface area (Å²) in [5.74, 6) is 1.14. The maximum absolute atomic E-state index is 5.68. The van der Waals surface area contributed by atoms with E-state index < -0.39 is 0 Å². The van der Waals surface area contributed by atoms with Crippen LogP contribution >= 0.6 is 24.0 Å². The highest BCUT2D eigenvalue weighted by Gasteiger charge is 1.96. The molecule has 0 heterocycles. The molecule has 0 aliphatic carbocycles. The van der Waals surface area contributed by atoms with Crippen molar-refractivity contribution in [2.45, 2.75) is 0 Å². The molecular formula is C11H18IN3O2. The maximum Gasteiger partial charge on any atom is 0.193 e. The second-order valence-electron chi connectivity index (χ2n) is 3.12. The van der Waals surface area contributed by atoms with Gasteiger partial charge in [-0.15, -0.1) is 24.0 Å². The zero-order chi connectivity index (χ0) is 11.8. The summed E-state index contributed by atoms with van der Waals surface area (Å²) in [5.41, 5.74) is 6.53. The number of anilines is 1. The highest BCUT2D eigenvalue weighted by Crippen LogP contribution is 2.16. The average molecular weight is 351 g/mol. The molecule has 0 fully saturated rings. The largest absolute Gasteiger partial charge is 0.497 e. The normalized spacial score (nSPS) is 10.6. The molecule has 1 aromatic carbocycles. The molecular weight excluding hydrogens is 333 g/mol. The van der Waals surface area contributed by atoms with Gasteiger partial charge in [-0.3, -0.25) is 4.99 Å². The van der Waals surface area contributed by atoms with Crippen LogP contribution in [0.5, 0.6) is 5.75 Å². The van der Waals surface area contributed by atoms with Crippen LogP contribution in [0, 0.1) is 0 Å². The van der Waals surface area contributed by atoms with Crippen molar-refractivity contribution < 1.29 is 9.47 Å². The summed E-state index contributed by atoms with van der Waals surface area (Å²) < 4.78 is 9.96. The summed E-state index contributed by atoms with van der Waals surface area (Å²) in [6.07, 6.45) is 0. The molecule has 0 saturated heterocycles. The molecule has 0 aromatic heterocycles. The fraction of sp³-hybridized carbons (Fsp3) is 0.364. The first kappa shape index (κ1) is 16.0. The number of hydrogen-bond donors (Lipinski definition) is 2. The molecule has 17 heavy (non-hydrogen) atoms. The number of ether oxygens (including phenoxy) is 2. The van der Waals surface area contributed by atoms with Gasteiger partial charge in [-0.05, 0) is 12.1 Å². The van der Waals surface area contributed by atoms with Crippen molar-refractivity contribution >= 4 is 35.6 Å². The standard InChI is InChI=1S/C11H17N3O2.HI/c1-15-7-6-13-11(12)14-9-4-3-5-10(8-9)16-2;/h3-5,8H,6-7H2,1-2H3,(H3,12,13,14);1H. The maximum atomic E-state index is 5.68. The van der Waals surface area contributed by atoms with Gasteiger partial charge in [0.15, 0.2) is 5.96 Å². The molecule has 6 heteroatoms. The molecule has 0 aliphatic heterocycles. The van der Waals surface area contributed by atoms with Gasteiger partial charge >= 0.3 is 0 Å². The molecule has 0 radical (unpaired) electrons. The van der Waals surface area contributed by atoms with Gasteiger partial charge in [-0.25, -0.2) is 0 Å². The Morgan fingerprint density at radius 2 is 2.18 bits per heavy atom.